The first-order chi connectivity index (χ1) is 13.5. The Kier molecular flexibility index (Phi) is 4.68. The SMILES string of the molecule is Cc1cc(-c2nnn(CC(=O)c3ccc(N4CCCC4=O)cc3)n2)ccc1F. The van der Waals surface area contributed by atoms with Crippen molar-refractivity contribution in [3.8, 4) is 11.4 Å². The van der Waals surface area contributed by atoms with Gasteiger partial charge in [0.2, 0.25) is 11.7 Å². The molecule has 1 aliphatic rings. The van der Waals surface area contributed by atoms with Crippen molar-refractivity contribution in [3.63, 3.8) is 0 Å². The third-order valence-corrected chi connectivity index (χ3v) is 4.73. The predicted molar refractivity (Wildman–Crippen MR) is 100 cm³/mol. The normalized spacial score (nSPS) is 13.9. The number of hydrogen-bond donors (Lipinski definition) is 0. The number of nitrogens with zero attached hydrogens (tertiary/aromatic N) is 5. The molecule has 4 rings (SSSR count). The molecule has 0 radical (unpaired) electrons. The second-order valence-electron chi connectivity index (χ2n) is 6.73. The third kappa shape index (κ3) is 3.53. The molecule has 3 aromatic rings. The number of ketones is 1. The van der Waals surface area contributed by atoms with E-state index in [0.29, 0.717) is 35.5 Å². The topological polar surface area (TPSA) is 81.0 Å². The number of anilines is 1. The summed E-state index contributed by atoms with van der Waals surface area (Å²) in [5.74, 6) is -0.0304. The van der Waals surface area contributed by atoms with Crippen LogP contribution in [-0.4, -0.2) is 38.4 Å². The second kappa shape index (κ2) is 7.30. The standard InChI is InChI=1S/C20H18FN5O2/c1-13-11-15(6-9-17(13)21)20-22-24-26(23-20)12-18(27)14-4-7-16(8-5-14)25-10-2-3-19(25)28/h4-9,11H,2-3,10,12H2,1H3. The molecule has 2 heterocycles. The van der Waals surface area contributed by atoms with Crippen molar-refractivity contribution in [2.75, 3.05) is 11.4 Å². The summed E-state index contributed by atoms with van der Waals surface area (Å²) in [7, 11) is 0. The van der Waals surface area contributed by atoms with Gasteiger partial charge in [-0.3, -0.25) is 9.59 Å². The van der Waals surface area contributed by atoms with Gasteiger partial charge in [-0.15, -0.1) is 10.2 Å². The van der Waals surface area contributed by atoms with Gasteiger partial charge in [0, 0.05) is 29.8 Å². The minimum absolute atomic E-state index is 0.0603. The average Bonchev–Trinajstić information content (AvgIpc) is 3.33. The van der Waals surface area contributed by atoms with E-state index in [1.165, 1.54) is 10.9 Å². The van der Waals surface area contributed by atoms with Crippen molar-refractivity contribution in [1.29, 1.82) is 0 Å². The zero-order valence-electron chi connectivity index (χ0n) is 15.3. The van der Waals surface area contributed by atoms with Gasteiger partial charge in [-0.2, -0.15) is 4.80 Å². The fourth-order valence-corrected chi connectivity index (χ4v) is 3.18. The molecule has 28 heavy (non-hydrogen) atoms. The van der Waals surface area contributed by atoms with Gasteiger partial charge >= 0.3 is 0 Å². The highest BCUT2D eigenvalue weighted by molar-refractivity contribution is 5.98. The summed E-state index contributed by atoms with van der Waals surface area (Å²) in [5, 5.41) is 12.1. The zero-order chi connectivity index (χ0) is 19.7. The molecule has 0 bridgehead atoms. The van der Waals surface area contributed by atoms with E-state index in [1.807, 2.05) is 0 Å². The van der Waals surface area contributed by atoms with Crippen LogP contribution in [0.25, 0.3) is 11.4 Å². The van der Waals surface area contributed by atoms with Crippen LogP contribution in [0.2, 0.25) is 0 Å². The van der Waals surface area contributed by atoms with Crippen molar-refractivity contribution in [1.82, 2.24) is 20.2 Å². The van der Waals surface area contributed by atoms with E-state index < -0.39 is 0 Å². The summed E-state index contributed by atoms with van der Waals surface area (Å²) in [5.41, 5.74) is 2.43. The fourth-order valence-electron chi connectivity index (χ4n) is 3.18. The first kappa shape index (κ1) is 18.0. The smallest absolute Gasteiger partial charge is 0.227 e. The Balaban J connectivity index is 1.46. The van der Waals surface area contributed by atoms with Crippen LogP contribution in [0.3, 0.4) is 0 Å². The maximum Gasteiger partial charge on any atom is 0.227 e. The Labute approximate surface area is 160 Å². The lowest BCUT2D eigenvalue weighted by Crippen LogP contribution is -2.23. The van der Waals surface area contributed by atoms with Crippen molar-refractivity contribution in [2.45, 2.75) is 26.3 Å². The highest BCUT2D eigenvalue weighted by Crippen LogP contribution is 2.22. The summed E-state index contributed by atoms with van der Waals surface area (Å²) in [4.78, 5) is 27.2. The molecule has 0 unspecified atom stereocenters. The molecule has 0 aliphatic carbocycles. The third-order valence-electron chi connectivity index (χ3n) is 4.73. The van der Waals surface area contributed by atoms with E-state index in [1.54, 1.807) is 48.2 Å². The molecule has 0 atom stereocenters. The summed E-state index contributed by atoms with van der Waals surface area (Å²) >= 11 is 0. The monoisotopic (exact) mass is 379 g/mol. The van der Waals surface area contributed by atoms with E-state index in [9.17, 15) is 14.0 Å². The van der Waals surface area contributed by atoms with Crippen LogP contribution in [0.1, 0.15) is 28.8 Å². The van der Waals surface area contributed by atoms with Gasteiger partial charge in [0.25, 0.3) is 0 Å². The molecule has 142 valence electrons. The summed E-state index contributed by atoms with van der Waals surface area (Å²) in [6.45, 7) is 2.31. The Morgan fingerprint density at radius 3 is 2.64 bits per heavy atom. The van der Waals surface area contributed by atoms with E-state index in [2.05, 4.69) is 15.4 Å². The number of halogens is 1. The van der Waals surface area contributed by atoms with Gasteiger partial charge in [0.05, 0.1) is 0 Å². The lowest BCUT2D eigenvalue weighted by molar-refractivity contribution is -0.117. The van der Waals surface area contributed by atoms with Crippen LogP contribution in [0.5, 0.6) is 0 Å². The van der Waals surface area contributed by atoms with Gasteiger partial charge in [0.1, 0.15) is 12.4 Å². The lowest BCUT2D eigenvalue weighted by Gasteiger charge is -2.15. The number of tetrazole rings is 1. The zero-order valence-corrected chi connectivity index (χ0v) is 15.3. The number of hydrogen-bond acceptors (Lipinski definition) is 5. The van der Waals surface area contributed by atoms with Crippen molar-refractivity contribution < 1.29 is 14.0 Å². The molecule has 0 saturated carbocycles. The number of Topliss-reactive ketones (excluding diaryl/α,β-unsaturated/α-hetero) is 1. The number of carbonyl (C=O) groups is 2. The summed E-state index contributed by atoms with van der Waals surface area (Å²) in [6.07, 6.45) is 1.42. The molecule has 0 N–H and O–H groups in total. The van der Waals surface area contributed by atoms with Gasteiger partial charge in [-0.25, -0.2) is 4.39 Å². The molecule has 1 aromatic heterocycles. The quantitative estimate of drug-likeness (QED) is 0.637. The average molecular weight is 379 g/mol. The number of rotatable bonds is 5. The Bertz CT molecular complexity index is 1050. The summed E-state index contributed by atoms with van der Waals surface area (Å²) < 4.78 is 13.4. The van der Waals surface area contributed by atoms with Crippen LogP contribution in [0.4, 0.5) is 10.1 Å². The largest absolute Gasteiger partial charge is 0.312 e. The maximum absolute atomic E-state index is 13.4. The highest BCUT2D eigenvalue weighted by atomic mass is 19.1. The molecule has 8 heteroatoms. The van der Waals surface area contributed by atoms with Gasteiger partial charge in [0.15, 0.2) is 5.78 Å². The van der Waals surface area contributed by atoms with Crippen LogP contribution in [0.15, 0.2) is 42.5 Å². The molecule has 1 aliphatic heterocycles. The number of aryl methyl sites for hydroxylation is 1. The molecular weight excluding hydrogens is 361 g/mol. The van der Waals surface area contributed by atoms with Crippen LogP contribution in [0, 0.1) is 12.7 Å². The fraction of sp³-hybridized carbons (Fsp3) is 0.250. The number of aromatic nitrogens is 4. The first-order valence-electron chi connectivity index (χ1n) is 8.99. The van der Waals surface area contributed by atoms with Crippen molar-refractivity contribution >= 4 is 17.4 Å². The molecule has 1 saturated heterocycles. The molecule has 1 fully saturated rings. The molecular formula is C20H18FN5O2. The van der Waals surface area contributed by atoms with Gasteiger partial charge in [-0.05, 0) is 66.6 Å². The van der Waals surface area contributed by atoms with E-state index in [4.69, 9.17) is 0 Å². The van der Waals surface area contributed by atoms with Gasteiger partial charge < -0.3 is 4.90 Å². The first-order valence-corrected chi connectivity index (χ1v) is 8.99. The number of amides is 1. The highest BCUT2D eigenvalue weighted by Gasteiger charge is 2.21. The molecule has 2 aromatic carbocycles. The lowest BCUT2D eigenvalue weighted by atomic mass is 10.1. The maximum atomic E-state index is 13.4. The van der Waals surface area contributed by atoms with Crippen molar-refractivity contribution in [3.05, 3.63) is 59.4 Å². The number of carbonyl (C=O) groups excluding carboxylic acids is 2. The Morgan fingerprint density at radius 1 is 1.18 bits per heavy atom. The Morgan fingerprint density at radius 2 is 1.96 bits per heavy atom. The second-order valence-corrected chi connectivity index (χ2v) is 6.73. The molecule has 0 spiro atoms. The summed E-state index contributed by atoms with van der Waals surface area (Å²) in [6, 6.07) is 11.5. The van der Waals surface area contributed by atoms with E-state index >= 15 is 0 Å². The number of benzene rings is 2. The molecule has 1 amide bonds. The van der Waals surface area contributed by atoms with E-state index in [0.717, 1.165) is 12.1 Å². The minimum Gasteiger partial charge on any atom is -0.312 e. The van der Waals surface area contributed by atoms with Crippen LogP contribution in [-0.2, 0) is 11.3 Å². The van der Waals surface area contributed by atoms with Crippen LogP contribution >= 0.6 is 0 Å². The van der Waals surface area contributed by atoms with Crippen LogP contribution < -0.4 is 4.90 Å². The predicted octanol–water partition coefficient (Wildman–Crippen LogP) is 2.80. The Hall–Kier alpha value is -3.42. The van der Waals surface area contributed by atoms with Crippen molar-refractivity contribution in [2.24, 2.45) is 0 Å². The minimum atomic E-state index is -0.301. The van der Waals surface area contributed by atoms with E-state index in [-0.39, 0.29) is 24.1 Å². The van der Waals surface area contributed by atoms with Gasteiger partial charge in [-0.1, -0.05) is 0 Å². The molecule has 7 nitrogen and oxygen atoms in total.